The van der Waals surface area contributed by atoms with Gasteiger partial charge in [0.15, 0.2) is 0 Å². The number of anilines is 2. The maximum atomic E-state index is 11.9. The van der Waals surface area contributed by atoms with Gasteiger partial charge in [0.25, 0.3) is 0 Å². The van der Waals surface area contributed by atoms with Crippen LogP contribution < -0.4 is 11.1 Å². The fourth-order valence-electron chi connectivity index (χ4n) is 2.17. The Morgan fingerprint density at radius 1 is 1.58 bits per heavy atom. The molecule has 0 radical (unpaired) electrons. The summed E-state index contributed by atoms with van der Waals surface area (Å²) in [7, 11) is 0. The number of benzene rings is 1. The average Bonchev–Trinajstić information content (AvgIpc) is 2.90. The molecule has 1 unspecified atom stereocenters. The minimum atomic E-state index is -0.323. The molecule has 1 aromatic carbocycles. The zero-order valence-corrected chi connectivity index (χ0v) is 12.0. The van der Waals surface area contributed by atoms with E-state index in [1.165, 1.54) is 18.6 Å². The number of rotatable bonds is 5. The van der Waals surface area contributed by atoms with Crippen molar-refractivity contribution in [2.75, 3.05) is 30.0 Å². The number of para-hydroxylation sites is 1. The first-order chi connectivity index (χ1) is 9.22. The van der Waals surface area contributed by atoms with Gasteiger partial charge in [-0.05, 0) is 37.7 Å². The number of ether oxygens (including phenoxy) is 1. The van der Waals surface area contributed by atoms with E-state index in [0.717, 1.165) is 6.54 Å². The van der Waals surface area contributed by atoms with Crippen molar-refractivity contribution < 1.29 is 9.53 Å². The molecule has 1 atom stereocenters. The summed E-state index contributed by atoms with van der Waals surface area (Å²) in [6, 6.07) is 5.32. The van der Waals surface area contributed by atoms with Crippen molar-refractivity contribution in [2.45, 2.75) is 25.0 Å². The molecule has 3 N–H and O–H groups in total. The zero-order valence-electron chi connectivity index (χ0n) is 11.1. The highest BCUT2D eigenvalue weighted by atomic mass is 32.2. The second-order valence-corrected chi connectivity index (χ2v) is 5.91. The number of nitrogen functional groups attached to an aromatic ring is 1. The molecule has 5 heteroatoms. The molecule has 1 aliphatic heterocycles. The van der Waals surface area contributed by atoms with E-state index in [0.29, 0.717) is 28.8 Å². The molecule has 1 saturated heterocycles. The largest absolute Gasteiger partial charge is 0.462 e. The number of hydrogen-bond acceptors (Lipinski definition) is 5. The molecular formula is C14H20N2O2S. The van der Waals surface area contributed by atoms with Crippen LogP contribution in [0.25, 0.3) is 0 Å². The molecule has 19 heavy (non-hydrogen) atoms. The topological polar surface area (TPSA) is 64.3 Å². The predicted octanol–water partition coefficient (Wildman–Crippen LogP) is 2.75. The van der Waals surface area contributed by atoms with Gasteiger partial charge in [-0.1, -0.05) is 6.07 Å². The third-order valence-electron chi connectivity index (χ3n) is 3.12. The summed E-state index contributed by atoms with van der Waals surface area (Å²) in [5, 5.41) is 3.92. The normalized spacial score (nSPS) is 18.3. The fourth-order valence-corrected chi connectivity index (χ4v) is 3.37. The van der Waals surface area contributed by atoms with E-state index >= 15 is 0 Å². The Bertz CT molecular complexity index is 445. The van der Waals surface area contributed by atoms with Gasteiger partial charge in [-0.3, -0.25) is 0 Å². The number of carbonyl (C=O) groups excluding carboxylic acids is 1. The maximum absolute atomic E-state index is 11.9. The number of thioether (sulfide) groups is 1. The lowest BCUT2D eigenvalue weighted by molar-refractivity contribution is 0.0527. The second kappa shape index (κ2) is 6.70. The van der Waals surface area contributed by atoms with Crippen LogP contribution in [0.1, 0.15) is 30.1 Å². The number of nitrogens with one attached hydrogen (secondary N) is 1. The highest BCUT2D eigenvalue weighted by molar-refractivity contribution is 8.00. The van der Waals surface area contributed by atoms with Crippen molar-refractivity contribution in [3.63, 3.8) is 0 Å². The van der Waals surface area contributed by atoms with Gasteiger partial charge >= 0.3 is 5.97 Å². The van der Waals surface area contributed by atoms with Crippen molar-refractivity contribution in [3.05, 3.63) is 23.8 Å². The zero-order chi connectivity index (χ0) is 13.7. The summed E-state index contributed by atoms with van der Waals surface area (Å²) in [5.74, 6) is 0.901. The minimum absolute atomic E-state index is 0.323. The van der Waals surface area contributed by atoms with Crippen molar-refractivity contribution in [1.82, 2.24) is 0 Å². The number of hydrogen-bond donors (Lipinski definition) is 2. The fraction of sp³-hybridized carbons (Fsp3) is 0.500. The summed E-state index contributed by atoms with van der Waals surface area (Å²) in [6.07, 6.45) is 2.49. The molecule has 0 saturated carbocycles. The Balaban J connectivity index is 2.10. The van der Waals surface area contributed by atoms with Crippen LogP contribution in [0.15, 0.2) is 18.2 Å². The number of carbonyl (C=O) groups is 1. The van der Waals surface area contributed by atoms with Crippen LogP contribution in [0.3, 0.4) is 0 Å². The van der Waals surface area contributed by atoms with Gasteiger partial charge in [0, 0.05) is 11.8 Å². The molecule has 0 amide bonds. The summed E-state index contributed by atoms with van der Waals surface area (Å²) in [6.45, 7) is 3.00. The molecule has 0 spiro atoms. The lowest BCUT2D eigenvalue weighted by Crippen LogP contribution is -2.17. The third-order valence-corrected chi connectivity index (χ3v) is 4.52. The van der Waals surface area contributed by atoms with Gasteiger partial charge in [0.05, 0.1) is 23.5 Å². The molecule has 0 aliphatic carbocycles. The summed E-state index contributed by atoms with van der Waals surface area (Å²) >= 11 is 1.97. The van der Waals surface area contributed by atoms with Gasteiger partial charge in [-0.2, -0.15) is 11.8 Å². The Morgan fingerprint density at radius 3 is 3.11 bits per heavy atom. The standard InChI is InChI=1S/C14H20N2O2S/c1-2-18-14(17)11-6-3-7-12(15)13(11)16-9-10-5-4-8-19-10/h3,6-7,10,16H,2,4-5,8-9,15H2,1H3. The first kappa shape index (κ1) is 14.1. The first-order valence-electron chi connectivity index (χ1n) is 6.63. The number of nitrogens with two attached hydrogens (primary N) is 1. The van der Waals surface area contributed by atoms with Gasteiger partial charge in [-0.15, -0.1) is 0 Å². The lowest BCUT2D eigenvalue weighted by atomic mass is 10.1. The van der Waals surface area contributed by atoms with E-state index in [1.807, 2.05) is 11.8 Å². The van der Waals surface area contributed by atoms with Crippen molar-refractivity contribution in [3.8, 4) is 0 Å². The van der Waals surface area contributed by atoms with Gasteiger partial charge < -0.3 is 15.8 Å². The van der Waals surface area contributed by atoms with E-state index in [-0.39, 0.29) is 5.97 Å². The van der Waals surface area contributed by atoms with E-state index in [2.05, 4.69) is 5.32 Å². The van der Waals surface area contributed by atoms with Crippen molar-refractivity contribution >= 4 is 29.1 Å². The quantitative estimate of drug-likeness (QED) is 0.641. The van der Waals surface area contributed by atoms with Crippen molar-refractivity contribution in [2.24, 2.45) is 0 Å². The number of esters is 1. The smallest absolute Gasteiger partial charge is 0.340 e. The molecule has 1 aliphatic rings. The molecule has 1 fully saturated rings. The molecule has 2 rings (SSSR count). The van der Waals surface area contributed by atoms with E-state index in [1.54, 1.807) is 25.1 Å². The second-order valence-electron chi connectivity index (χ2n) is 4.51. The van der Waals surface area contributed by atoms with E-state index in [9.17, 15) is 4.79 Å². The van der Waals surface area contributed by atoms with Gasteiger partial charge in [0.2, 0.25) is 0 Å². The van der Waals surface area contributed by atoms with Crippen LogP contribution in [0.4, 0.5) is 11.4 Å². The highest BCUT2D eigenvalue weighted by Crippen LogP contribution is 2.29. The SMILES string of the molecule is CCOC(=O)c1cccc(N)c1NCC1CCCS1. The highest BCUT2D eigenvalue weighted by Gasteiger charge is 2.18. The third kappa shape index (κ3) is 3.56. The Hall–Kier alpha value is -1.36. The van der Waals surface area contributed by atoms with Crippen LogP contribution in [-0.2, 0) is 4.74 Å². The van der Waals surface area contributed by atoms with Gasteiger partial charge in [-0.25, -0.2) is 4.79 Å². The molecule has 1 heterocycles. The summed E-state index contributed by atoms with van der Waals surface area (Å²) in [4.78, 5) is 11.9. The first-order valence-corrected chi connectivity index (χ1v) is 7.68. The van der Waals surface area contributed by atoms with Crippen LogP contribution in [0, 0.1) is 0 Å². The molecule has 0 aromatic heterocycles. The molecular weight excluding hydrogens is 260 g/mol. The van der Waals surface area contributed by atoms with Crippen LogP contribution in [0.5, 0.6) is 0 Å². The molecule has 104 valence electrons. The molecule has 4 nitrogen and oxygen atoms in total. The van der Waals surface area contributed by atoms with Crippen LogP contribution in [0.2, 0.25) is 0 Å². The lowest BCUT2D eigenvalue weighted by Gasteiger charge is -2.16. The summed E-state index contributed by atoms with van der Waals surface area (Å²) < 4.78 is 5.06. The Morgan fingerprint density at radius 2 is 2.42 bits per heavy atom. The average molecular weight is 280 g/mol. The van der Waals surface area contributed by atoms with Crippen LogP contribution >= 0.6 is 11.8 Å². The predicted molar refractivity (Wildman–Crippen MR) is 80.8 cm³/mol. The molecule has 1 aromatic rings. The molecule has 0 bridgehead atoms. The van der Waals surface area contributed by atoms with Gasteiger partial charge in [0.1, 0.15) is 0 Å². The maximum Gasteiger partial charge on any atom is 0.340 e. The summed E-state index contributed by atoms with van der Waals surface area (Å²) in [5.41, 5.74) is 7.77. The Labute approximate surface area is 118 Å². The van der Waals surface area contributed by atoms with E-state index < -0.39 is 0 Å². The van der Waals surface area contributed by atoms with Crippen molar-refractivity contribution in [1.29, 1.82) is 0 Å². The Kier molecular flexibility index (Phi) is 4.96. The monoisotopic (exact) mass is 280 g/mol. The van der Waals surface area contributed by atoms with Crippen LogP contribution in [-0.4, -0.2) is 30.1 Å². The minimum Gasteiger partial charge on any atom is -0.462 e. The van der Waals surface area contributed by atoms with E-state index in [4.69, 9.17) is 10.5 Å².